The second kappa shape index (κ2) is 12.6. The van der Waals surface area contributed by atoms with E-state index in [1.54, 1.807) is 48.7 Å². The first kappa shape index (κ1) is 28.4. The number of amides is 3. The molecule has 0 unspecified atom stereocenters. The minimum Gasteiger partial charge on any atom is -0.493 e. The Hall–Kier alpha value is -4.15. The first-order valence-corrected chi connectivity index (χ1v) is 14.2. The van der Waals surface area contributed by atoms with E-state index < -0.39 is 12.1 Å². The van der Waals surface area contributed by atoms with E-state index in [1.165, 1.54) is 0 Å². The summed E-state index contributed by atoms with van der Waals surface area (Å²) in [5, 5.41) is 18.4. The maximum Gasteiger partial charge on any atom is 0.405 e. The number of carboxylic acid groups (broad SMARTS) is 1. The molecule has 11 heteroatoms. The number of fused-ring (bicyclic) bond motifs is 1. The van der Waals surface area contributed by atoms with Gasteiger partial charge in [-0.25, -0.2) is 9.80 Å². The molecule has 3 heterocycles. The van der Waals surface area contributed by atoms with Crippen LogP contribution < -0.4 is 14.8 Å². The summed E-state index contributed by atoms with van der Waals surface area (Å²) >= 11 is 0. The standard InChI is InChI=1S/C30H37N5O6/c1-40-25-8-7-20(18-26(25)41-2)27-22-5-3-4-6-23(22)28(36)35(33-27)21-11-15-34(16-12-21)29(37)24(32-30(38)39)17-19-9-13-31-14-10-19/h7-10,13-14,18,21-24,32H,3-6,11-12,15-17H2,1-2H3,(H,38,39)/t22-,23+,24-/m0/s1. The Kier molecular flexibility index (Phi) is 8.70. The summed E-state index contributed by atoms with van der Waals surface area (Å²) in [7, 11) is 3.20. The number of rotatable bonds is 8. The highest BCUT2D eigenvalue weighted by Gasteiger charge is 2.44. The number of ether oxygens (including phenoxy) is 2. The molecule has 5 rings (SSSR count). The molecule has 2 N–H and O–H groups in total. The van der Waals surface area contributed by atoms with Crippen LogP contribution in [0.25, 0.3) is 0 Å². The molecule has 1 aliphatic carbocycles. The zero-order chi connectivity index (χ0) is 28.9. The van der Waals surface area contributed by atoms with Crippen LogP contribution in [0.1, 0.15) is 49.7 Å². The maximum absolute atomic E-state index is 13.7. The summed E-state index contributed by atoms with van der Waals surface area (Å²) in [6, 6.07) is 8.26. The molecular formula is C30H37N5O6. The average molecular weight is 564 g/mol. The largest absolute Gasteiger partial charge is 0.493 e. The lowest BCUT2D eigenvalue weighted by Gasteiger charge is -2.43. The van der Waals surface area contributed by atoms with Gasteiger partial charge < -0.3 is 24.8 Å². The van der Waals surface area contributed by atoms with Gasteiger partial charge in [-0.15, -0.1) is 0 Å². The quantitative estimate of drug-likeness (QED) is 0.503. The molecule has 41 heavy (non-hydrogen) atoms. The number of piperidine rings is 1. The monoisotopic (exact) mass is 563 g/mol. The van der Waals surface area contributed by atoms with E-state index in [4.69, 9.17) is 14.6 Å². The molecule has 0 bridgehead atoms. The molecule has 2 aliphatic heterocycles. The maximum atomic E-state index is 13.7. The number of pyridine rings is 1. The highest BCUT2D eigenvalue weighted by Crippen LogP contribution is 2.40. The molecule has 2 aromatic rings. The van der Waals surface area contributed by atoms with Gasteiger partial charge in [0.2, 0.25) is 11.8 Å². The molecule has 0 spiro atoms. The van der Waals surface area contributed by atoms with Gasteiger partial charge in [-0.05, 0) is 61.6 Å². The van der Waals surface area contributed by atoms with Crippen LogP contribution in [0.15, 0.2) is 47.8 Å². The van der Waals surface area contributed by atoms with Crippen molar-refractivity contribution in [3.8, 4) is 11.5 Å². The van der Waals surface area contributed by atoms with Gasteiger partial charge in [0, 0.05) is 49.3 Å². The Labute approximate surface area is 239 Å². The Bertz CT molecular complexity index is 1290. The average Bonchev–Trinajstić information content (AvgIpc) is 3.01. The van der Waals surface area contributed by atoms with Crippen LogP contribution >= 0.6 is 0 Å². The molecular weight excluding hydrogens is 526 g/mol. The predicted molar refractivity (Wildman–Crippen MR) is 151 cm³/mol. The van der Waals surface area contributed by atoms with Crippen LogP contribution in [-0.4, -0.2) is 83.0 Å². The van der Waals surface area contributed by atoms with Crippen molar-refractivity contribution in [3.05, 3.63) is 53.9 Å². The number of nitrogens with one attached hydrogen (secondary N) is 1. The van der Waals surface area contributed by atoms with Crippen LogP contribution in [0.4, 0.5) is 4.79 Å². The highest BCUT2D eigenvalue weighted by atomic mass is 16.5. The summed E-state index contributed by atoms with van der Waals surface area (Å²) in [5.41, 5.74) is 2.64. The van der Waals surface area contributed by atoms with Crippen molar-refractivity contribution in [2.24, 2.45) is 16.9 Å². The molecule has 1 saturated carbocycles. The number of hydrogen-bond donors (Lipinski definition) is 2. The van der Waals surface area contributed by atoms with E-state index in [-0.39, 0.29) is 36.1 Å². The first-order chi connectivity index (χ1) is 19.9. The number of hydrogen-bond acceptors (Lipinski definition) is 7. The normalized spacial score (nSPS) is 21.9. The van der Waals surface area contributed by atoms with Crippen LogP contribution in [0.5, 0.6) is 11.5 Å². The molecule has 0 radical (unpaired) electrons. The number of carbonyl (C=O) groups is 3. The van der Waals surface area contributed by atoms with Gasteiger partial charge in [-0.1, -0.05) is 12.8 Å². The third-order valence-electron chi connectivity index (χ3n) is 8.46. The second-order valence-corrected chi connectivity index (χ2v) is 10.9. The number of benzene rings is 1. The molecule has 3 aliphatic rings. The Balaban J connectivity index is 1.34. The lowest BCUT2D eigenvalue weighted by molar-refractivity contribution is -0.143. The molecule has 1 aromatic carbocycles. The van der Waals surface area contributed by atoms with Crippen LogP contribution in [-0.2, 0) is 16.0 Å². The third-order valence-corrected chi connectivity index (χ3v) is 8.46. The van der Waals surface area contributed by atoms with Crippen molar-refractivity contribution in [1.29, 1.82) is 0 Å². The summed E-state index contributed by atoms with van der Waals surface area (Å²) in [5.74, 6) is 0.988. The van der Waals surface area contributed by atoms with Gasteiger partial charge in [0.25, 0.3) is 0 Å². The van der Waals surface area contributed by atoms with Crippen LogP contribution in [0, 0.1) is 11.8 Å². The van der Waals surface area contributed by atoms with Gasteiger partial charge in [0.1, 0.15) is 6.04 Å². The fraction of sp³-hybridized carbons (Fsp3) is 0.500. The smallest absolute Gasteiger partial charge is 0.405 e. The molecule has 1 aromatic heterocycles. The van der Waals surface area contributed by atoms with Crippen LogP contribution in [0.2, 0.25) is 0 Å². The summed E-state index contributed by atoms with van der Waals surface area (Å²) in [4.78, 5) is 44.2. The Morgan fingerprint density at radius 2 is 1.68 bits per heavy atom. The minimum absolute atomic E-state index is 0.0586. The van der Waals surface area contributed by atoms with Crippen molar-refractivity contribution in [3.63, 3.8) is 0 Å². The van der Waals surface area contributed by atoms with Crippen molar-refractivity contribution >= 4 is 23.6 Å². The molecule has 3 atom stereocenters. The number of methoxy groups -OCH3 is 2. The van der Waals surface area contributed by atoms with E-state index in [2.05, 4.69) is 10.3 Å². The van der Waals surface area contributed by atoms with Gasteiger partial charge in [0.05, 0.1) is 26.0 Å². The van der Waals surface area contributed by atoms with E-state index >= 15 is 0 Å². The zero-order valence-electron chi connectivity index (χ0n) is 23.5. The van der Waals surface area contributed by atoms with Crippen molar-refractivity contribution in [1.82, 2.24) is 20.2 Å². The van der Waals surface area contributed by atoms with Crippen molar-refractivity contribution in [2.75, 3.05) is 27.3 Å². The molecule has 2 fully saturated rings. The second-order valence-electron chi connectivity index (χ2n) is 10.9. The number of aromatic nitrogens is 1. The fourth-order valence-electron chi connectivity index (χ4n) is 6.35. The molecule has 218 valence electrons. The molecule has 1 saturated heterocycles. The lowest BCUT2D eigenvalue weighted by atomic mass is 9.73. The van der Waals surface area contributed by atoms with Crippen molar-refractivity contribution < 1.29 is 29.0 Å². The topological polar surface area (TPSA) is 134 Å². The molecule has 3 amide bonds. The van der Waals surface area contributed by atoms with Gasteiger partial charge in [0.15, 0.2) is 11.5 Å². The van der Waals surface area contributed by atoms with Gasteiger partial charge in [-0.2, -0.15) is 5.10 Å². The Morgan fingerprint density at radius 3 is 2.34 bits per heavy atom. The first-order valence-electron chi connectivity index (χ1n) is 14.2. The Morgan fingerprint density at radius 1 is 1.00 bits per heavy atom. The van der Waals surface area contributed by atoms with E-state index in [1.807, 2.05) is 18.2 Å². The number of likely N-dealkylation sites (tertiary alicyclic amines) is 1. The number of carbonyl (C=O) groups excluding carboxylic acids is 2. The van der Waals surface area contributed by atoms with Crippen molar-refractivity contribution in [2.45, 2.75) is 57.0 Å². The number of nitrogens with zero attached hydrogens (tertiary/aromatic N) is 4. The van der Waals surface area contributed by atoms with E-state index in [0.717, 1.165) is 42.5 Å². The summed E-state index contributed by atoms with van der Waals surface area (Å²) in [6.07, 6.45) is 7.18. The highest BCUT2D eigenvalue weighted by molar-refractivity contribution is 6.07. The SMILES string of the molecule is COc1ccc(C2=NN(C3CCN(C(=O)[C@H](Cc4ccncc4)NC(=O)O)CC3)C(=O)[C@@H]3CCCC[C@H]23)cc1OC. The van der Waals surface area contributed by atoms with E-state index in [9.17, 15) is 19.5 Å². The molecule has 11 nitrogen and oxygen atoms in total. The number of hydrazone groups is 1. The van der Waals surface area contributed by atoms with E-state index in [0.29, 0.717) is 37.4 Å². The van der Waals surface area contributed by atoms with Crippen LogP contribution in [0.3, 0.4) is 0 Å². The zero-order valence-corrected chi connectivity index (χ0v) is 23.5. The minimum atomic E-state index is -1.25. The third kappa shape index (κ3) is 6.13. The summed E-state index contributed by atoms with van der Waals surface area (Å²) in [6.45, 7) is 0.827. The van der Waals surface area contributed by atoms with Gasteiger partial charge >= 0.3 is 6.09 Å². The summed E-state index contributed by atoms with van der Waals surface area (Å²) < 4.78 is 11.0. The lowest BCUT2D eigenvalue weighted by Crippen LogP contribution is -2.55. The fourth-order valence-corrected chi connectivity index (χ4v) is 6.35. The van der Waals surface area contributed by atoms with Gasteiger partial charge in [-0.3, -0.25) is 14.6 Å². The predicted octanol–water partition coefficient (Wildman–Crippen LogP) is 3.32.